The quantitative estimate of drug-likeness (QED) is 0.208. The van der Waals surface area contributed by atoms with Crippen molar-refractivity contribution in [3.63, 3.8) is 0 Å². The summed E-state index contributed by atoms with van der Waals surface area (Å²) in [5, 5.41) is 72.4. The van der Waals surface area contributed by atoms with Crippen LogP contribution < -0.4 is 14.2 Å². The monoisotopic (exact) mass is 608 g/mol. The summed E-state index contributed by atoms with van der Waals surface area (Å²) in [5.41, 5.74) is 1.19. The highest BCUT2D eigenvalue weighted by molar-refractivity contribution is 6.03. The summed E-state index contributed by atoms with van der Waals surface area (Å²) in [4.78, 5) is 13.2. The number of ether oxygens (including phenoxy) is 6. The van der Waals surface area contributed by atoms with Gasteiger partial charge in [-0.05, 0) is 31.5 Å². The van der Waals surface area contributed by atoms with E-state index in [1.54, 1.807) is 31.2 Å². The molecule has 2 aromatic carbocycles. The topological polar surface area (TPSA) is 214 Å². The van der Waals surface area contributed by atoms with Crippen LogP contribution in [0.3, 0.4) is 0 Å². The molecule has 5 rings (SSSR count). The molecule has 0 unspecified atom stereocenters. The van der Waals surface area contributed by atoms with Gasteiger partial charge in [0, 0.05) is 11.1 Å². The molecule has 3 aliphatic heterocycles. The third-order valence-electron chi connectivity index (χ3n) is 8.02. The third kappa shape index (κ3) is 5.90. The van der Waals surface area contributed by atoms with Crippen molar-refractivity contribution >= 4 is 5.78 Å². The lowest BCUT2D eigenvalue weighted by Gasteiger charge is -2.41. The van der Waals surface area contributed by atoms with Crippen LogP contribution in [-0.2, 0) is 14.2 Å². The molecule has 236 valence electrons. The molecule has 3 heterocycles. The zero-order valence-electron chi connectivity index (χ0n) is 23.7. The van der Waals surface area contributed by atoms with Crippen molar-refractivity contribution in [2.45, 2.75) is 81.7 Å². The van der Waals surface area contributed by atoms with Crippen molar-refractivity contribution in [2.75, 3.05) is 20.3 Å². The lowest BCUT2D eigenvalue weighted by atomic mass is 9.91. The standard InChI is InChI=1S/C29H36O14/c1-11-20(32)19-15(30)8-17(13-4-6-14(38-3)7-5-13)41-27(19)12(2)26(11)43-29-25(37)23(35)22(34)18(42-29)10-40-28-24(36)21(33)16(31)9-39-28/h4-7,16-18,21-25,28-29,31-37H,8-10H2,1-3H3/t16-,17-,18-,21-,22+,23-,24-,25+,28+,29-/m0/s1. The van der Waals surface area contributed by atoms with Gasteiger partial charge in [-0.3, -0.25) is 4.79 Å². The number of Topliss-reactive ketones (excluding diaryl/α,β-unsaturated/α-hetero) is 1. The zero-order chi connectivity index (χ0) is 31.2. The van der Waals surface area contributed by atoms with Crippen molar-refractivity contribution in [3.05, 3.63) is 46.5 Å². The molecule has 2 saturated heterocycles. The number of methoxy groups -OCH3 is 1. The Morgan fingerprint density at radius 2 is 1.56 bits per heavy atom. The highest BCUT2D eigenvalue weighted by Crippen LogP contribution is 2.48. The van der Waals surface area contributed by atoms with Crippen LogP contribution in [-0.4, -0.2) is 117 Å². The Morgan fingerprint density at radius 3 is 2.23 bits per heavy atom. The van der Waals surface area contributed by atoms with E-state index in [9.17, 15) is 40.5 Å². The Labute approximate surface area is 246 Å². The largest absolute Gasteiger partial charge is 0.507 e. The van der Waals surface area contributed by atoms with Crippen molar-refractivity contribution < 1.29 is 69.0 Å². The van der Waals surface area contributed by atoms with Crippen molar-refractivity contribution in [2.24, 2.45) is 0 Å². The molecule has 0 amide bonds. The molecule has 0 aromatic heterocycles. The second kappa shape index (κ2) is 12.5. The molecule has 0 spiro atoms. The number of fused-ring (bicyclic) bond motifs is 1. The Morgan fingerprint density at radius 1 is 0.884 bits per heavy atom. The number of carbonyl (C=O) groups is 1. The minimum atomic E-state index is -1.75. The lowest BCUT2D eigenvalue weighted by Crippen LogP contribution is -2.61. The van der Waals surface area contributed by atoms with E-state index in [1.165, 1.54) is 14.0 Å². The van der Waals surface area contributed by atoms with Crippen LogP contribution in [0.15, 0.2) is 24.3 Å². The Bertz CT molecular complexity index is 1320. The molecule has 14 nitrogen and oxygen atoms in total. The summed E-state index contributed by atoms with van der Waals surface area (Å²) in [7, 11) is 1.54. The second-order valence-electron chi connectivity index (χ2n) is 10.9. The summed E-state index contributed by atoms with van der Waals surface area (Å²) in [6.45, 7) is 2.33. The van der Waals surface area contributed by atoms with Crippen molar-refractivity contribution in [1.29, 1.82) is 0 Å². The predicted molar refractivity (Wildman–Crippen MR) is 144 cm³/mol. The maximum atomic E-state index is 13.2. The summed E-state index contributed by atoms with van der Waals surface area (Å²) < 4.78 is 33.7. The van der Waals surface area contributed by atoms with Gasteiger partial charge in [0.25, 0.3) is 0 Å². The van der Waals surface area contributed by atoms with Crippen LogP contribution in [0.5, 0.6) is 23.0 Å². The molecule has 14 heteroatoms. The number of hydrogen-bond donors (Lipinski definition) is 7. The Balaban J connectivity index is 1.36. The third-order valence-corrected chi connectivity index (χ3v) is 8.02. The average molecular weight is 609 g/mol. The summed E-state index contributed by atoms with van der Waals surface area (Å²) in [6.07, 6.45) is -14.5. The first-order chi connectivity index (χ1) is 20.4. The van der Waals surface area contributed by atoms with E-state index < -0.39 is 68.0 Å². The molecular formula is C29H36O14. The fourth-order valence-electron chi connectivity index (χ4n) is 5.40. The van der Waals surface area contributed by atoms with Gasteiger partial charge < -0.3 is 64.2 Å². The van der Waals surface area contributed by atoms with E-state index in [-0.39, 0.29) is 47.2 Å². The molecule has 0 saturated carbocycles. The van der Waals surface area contributed by atoms with Gasteiger partial charge >= 0.3 is 0 Å². The molecule has 0 aliphatic carbocycles. The van der Waals surface area contributed by atoms with Gasteiger partial charge in [0.05, 0.1) is 26.7 Å². The minimum absolute atomic E-state index is 0.00250. The van der Waals surface area contributed by atoms with Gasteiger partial charge in [-0.1, -0.05) is 12.1 Å². The van der Waals surface area contributed by atoms with Crippen LogP contribution >= 0.6 is 0 Å². The molecule has 0 bridgehead atoms. The number of ketones is 1. The van der Waals surface area contributed by atoms with Crippen LogP contribution in [0, 0.1) is 13.8 Å². The molecule has 3 aliphatic rings. The number of rotatable bonds is 7. The van der Waals surface area contributed by atoms with E-state index in [1.807, 2.05) is 0 Å². The van der Waals surface area contributed by atoms with Crippen molar-refractivity contribution in [1.82, 2.24) is 0 Å². The normalized spacial score (nSPS) is 34.3. The molecule has 2 fully saturated rings. The highest BCUT2D eigenvalue weighted by atomic mass is 16.7. The smallest absolute Gasteiger partial charge is 0.229 e. The number of carbonyl (C=O) groups excluding carboxylic acids is 1. The zero-order valence-corrected chi connectivity index (χ0v) is 23.7. The first-order valence-corrected chi connectivity index (χ1v) is 13.8. The highest BCUT2D eigenvalue weighted by Gasteiger charge is 2.47. The molecule has 43 heavy (non-hydrogen) atoms. The van der Waals surface area contributed by atoms with Crippen LogP contribution in [0.25, 0.3) is 0 Å². The lowest BCUT2D eigenvalue weighted by molar-refractivity contribution is -0.307. The van der Waals surface area contributed by atoms with Gasteiger partial charge in [0.1, 0.15) is 77.4 Å². The molecule has 7 N–H and O–H groups in total. The number of aliphatic hydroxyl groups excluding tert-OH is 6. The van der Waals surface area contributed by atoms with Gasteiger partial charge in [0.15, 0.2) is 12.1 Å². The van der Waals surface area contributed by atoms with Crippen LogP contribution in [0.4, 0.5) is 0 Å². The van der Waals surface area contributed by atoms with Crippen molar-refractivity contribution in [3.8, 4) is 23.0 Å². The van der Waals surface area contributed by atoms with Gasteiger partial charge in [-0.2, -0.15) is 0 Å². The maximum Gasteiger partial charge on any atom is 0.229 e. The predicted octanol–water partition coefficient (Wildman–Crippen LogP) is -0.634. The van der Waals surface area contributed by atoms with E-state index in [0.29, 0.717) is 16.9 Å². The Kier molecular flexibility index (Phi) is 9.13. The summed E-state index contributed by atoms with van der Waals surface area (Å²) in [5.74, 6) is 0.0304. The first kappa shape index (κ1) is 31.4. The fourth-order valence-corrected chi connectivity index (χ4v) is 5.40. The number of phenols is 1. The Hall–Kier alpha value is -3.05. The minimum Gasteiger partial charge on any atom is -0.507 e. The van der Waals surface area contributed by atoms with E-state index >= 15 is 0 Å². The number of benzene rings is 2. The van der Waals surface area contributed by atoms with Gasteiger partial charge in [0.2, 0.25) is 6.29 Å². The van der Waals surface area contributed by atoms with E-state index in [0.717, 1.165) is 0 Å². The van der Waals surface area contributed by atoms with Crippen LogP contribution in [0.2, 0.25) is 0 Å². The SMILES string of the molecule is COc1ccc([C@@H]2CC(=O)c3c(O)c(C)c(O[C@@H]4O[C@@H](CO[C@H]5OC[C@H](O)[C@H](O)[C@@H]5O)[C@@H](O)[C@H](O)[C@H]4O)c(C)c3O2)cc1. The maximum absolute atomic E-state index is 13.2. The van der Waals surface area contributed by atoms with E-state index in [2.05, 4.69) is 0 Å². The van der Waals surface area contributed by atoms with E-state index in [4.69, 9.17) is 28.4 Å². The average Bonchev–Trinajstić information content (AvgIpc) is 3.00. The number of hydrogen-bond acceptors (Lipinski definition) is 14. The van der Waals surface area contributed by atoms with Gasteiger partial charge in [-0.15, -0.1) is 0 Å². The summed E-state index contributed by atoms with van der Waals surface area (Å²) >= 11 is 0. The van der Waals surface area contributed by atoms with Gasteiger partial charge in [-0.25, -0.2) is 0 Å². The second-order valence-corrected chi connectivity index (χ2v) is 10.9. The molecular weight excluding hydrogens is 572 g/mol. The molecule has 2 aromatic rings. The summed E-state index contributed by atoms with van der Waals surface area (Å²) in [6, 6.07) is 7.01. The number of aliphatic hydroxyl groups is 6. The molecule has 0 radical (unpaired) electrons. The number of phenolic OH excluding ortho intramolecular Hbond substituents is 1. The fraction of sp³-hybridized carbons (Fsp3) is 0.552. The molecule has 10 atom stereocenters. The number of aromatic hydroxyl groups is 1. The van der Waals surface area contributed by atoms with Crippen LogP contribution in [0.1, 0.15) is 39.6 Å². The first-order valence-electron chi connectivity index (χ1n) is 13.8.